The van der Waals surface area contributed by atoms with E-state index in [0.29, 0.717) is 5.75 Å². The van der Waals surface area contributed by atoms with Gasteiger partial charge in [0.25, 0.3) is 0 Å². The molecule has 0 saturated heterocycles. The van der Waals surface area contributed by atoms with E-state index in [-0.39, 0.29) is 22.6 Å². The molecule has 0 atom stereocenters. The van der Waals surface area contributed by atoms with Crippen molar-refractivity contribution in [2.45, 2.75) is 0 Å². The summed E-state index contributed by atoms with van der Waals surface area (Å²) in [7, 11) is 2.84. The highest BCUT2D eigenvalue weighted by Gasteiger charge is 2.20. The molecule has 0 aromatic heterocycles. The number of ether oxygens (including phenoxy) is 3. The molecule has 0 aliphatic rings. The van der Waals surface area contributed by atoms with E-state index in [4.69, 9.17) is 14.2 Å². The standard InChI is InChI=1S/C16H14O6/c1-20-11-6-3-5-10(9-11)16(19)22-14-12(15(17)18)7-4-8-13(14)21-2/h3-9H,1-2H3,(H,17,18). The first-order valence-electron chi connectivity index (χ1n) is 6.33. The number of esters is 1. The van der Waals surface area contributed by atoms with Crippen LogP contribution in [0.4, 0.5) is 0 Å². The van der Waals surface area contributed by atoms with Gasteiger partial charge in [0, 0.05) is 0 Å². The largest absolute Gasteiger partial charge is 0.497 e. The number of aromatic carboxylic acids is 1. The van der Waals surface area contributed by atoms with Gasteiger partial charge >= 0.3 is 11.9 Å². The first kappa shape index (κ1) is 15.4. The van der Waals surface area contributed by atoms with E-state index in [1.807, 2.05) is 0 Å². The first-order chi connectivity index (χ1) is 10.6. The molecule has 2 rings (SSSR count). The third kappa shape index (κ3) is 3.17. The number of rotatable bonds is 5. The lowest BCUT2D eigenvalue weighted by Gasteiger charge is -2.12. The SMILES string of the molecule is COc1cccc(C(=O)Oc2c(OC)cccc2C(=O)O)c1. The van der Waals surface area contributed by atoms with E-state index < -0.39 is 11.9 Å². The third-order valence-electron chi connectivity index (χ3n) is 2.93. The van der Waals surface area contributed by atoms with E-state index in [1.54, 1.807) is 18.2 Å². The van der Waals surface area contributed by atoms with Crippen LogP contribution in [0.5, 0.6) is 17.2 Å². The smallest absolute Gasteiger partial charge is 0.343 e. The Labute approximate surface area is 126 Å². The monoisotopic (exact) mass is 302 g/mol. The predicted octanol–water partition coefficient (Wildman–Crippen LogP) is 2.62. The third-order valence-corrected chi connectivity index (χ3v) is 2.93. The van der Waals surface area contributed by atoms with Crippen LogP contribution in [0.1, 0.15) is 20.7 Å². The molecule has 6 heteroatoms. The fourth-order valence-electron chi connectivity index (χ4n) is 1.85. The van der Waals surface area contributed by atoms with Crippen molar-refractivity contribution in [2.75, 3.05) is 14.2 Å². The zero-order valence-electron chi connectivity index (χ0n) is 12.0. The number of carbonyl (C=O) groups excluding carboxylic acids is 1. The highest BCUT2D eigenvalue weighted by Crippen LogP contribution is 2.32. The Morgan fingerprint density at radius 2 is 1.73 bits per heavy atom. The van der Waals surface area contributed by atoms with Gasteiger partial charge in [-0.05, 0) is 30.3 Å². The van der Waals surface area contributed by atoms with Gasteiger partial charge in [0.1, 0.15) is 11.3 Å². The lowest BCUT2D eigenvalue weighted by Crippen LogP contribution is -2.12. The van der Waals surface area contributed by atoms with Crippen molar-refractivity contribution in [3.8, 4) is 17.2 Å². The van der Waals surface area contributed by atoms with E-state index >= 15 is 0 Å². The zero-order valence-corrected chi connectivity index (χ0v) is 12.0. The summed E-state index contributed by atoms with van der Waals surface area (Å²) < 4.78 is 15.3. The molecule has 0 bridgehead atoms. The molecule has 1 N–H and O–H groups in total. The minimum absolute atomic E-state index is 0.134. The van der Waals surface area contributed by atoms with Crippen LogP contribution in [0.25, 0.3) is 0 Å². The minimum atomic E-state index is -1.22. The van der Waals surface area contributed by atoms with Gasteiger partial charge in [-0.3, -0.25) is 0 Å². The molecule has 0 aliphatic heterocycles. The molecule has 114 valence electrons. The van der Waals surface area contributed by atoms with Gasteiger partial charge in [-0.1, -0.05) is 12.1 Å². The summed E-state index contributed by atoms with van der Waals surface area (Å²) >= 11 is 0. The second-order valence-electron chi connectivity index (χ2n) is 4.26. The second-order valence-corrected chi connectivity index (χ2v) is 4.26. The summed E-state index contributed by atoms with van der Waals surface area (Å²) in [5.41, 5.74) is 0.0807. The summed E-state index contributed by atoms with van der Waals surface area (Å²) in [5.74, 6) is -1.40. The fraction of sp³-hybridized carbons (Fsp3) is 0.125. The predicted molar refractivity (Wildman–Crippen MR) is 77.9 cm³/mol. The Balaban J connectivity index is 2.37. The van der Waals surface area contributed by atoms with Gasteiger partial charge in [-0.2, -0.15) is 0 Å². The van der Waals surface area contributed by atoms with Crippen molar-refractivity contribution in [3.05, 3.63) is 53.6 Å². The topological polar surface area (TPSA) is 82.1 Å². The molecular formula is C16H14O6. The maximum Gasteiger partial charge on any atom is 0.343 e. The van der Waals surface area contributed by atoms with Crippen LogP contribution in [0, 0.1) is 0 Å². The van der Waals surface area contributed by atoms with E-state index in [1.165, 1.54) is 38.5 Å². The molecule has 0 saturated carbocycles. The van der Waals surface area contributed by atoms with Gasteiger partial charge in [0.2, 0.25) is 0 Å². The Morgan fingerprint density at radius 3 is 2.36 bits per heavy atom. The number of carbonyl (C=O) groups is 2. The Morgan fingerprint density at radius 1 is 1.00 bits per heavy atom. The molecule has 0 radical (unpaired) electrons. The summed E-state index contributed by atoms with van der Waals surface area (Å²) in [6.45, 7) is 0. The number of hydrogen-bond acceptors (Lipinski definition) is 5. The maximum absolute atomic E-state index is 12.2. The summed E-state index contributed by atoms with van der Waals surface area (Å²) in [6.07, 6.45) is 0. The number of carboxylic acid groups (broad SMARTS) is 1. The molecule has 0 amide bonds. The normalized spacial score (nSPS) is 9.91. The number of methoxy groups -OCH3 is 2. The second kappa shape index (κ2) is 6.62. The van der Waals surface area contributed by atoms with Crippen LogP contribution < -0.4 is 14.2 Å². The molecule has 0 aliphatic carbocycles. The van der Waals surface area contributed by atoms with E-state index in [0.717, 1.165) is 0 Å². The average molecular weight is 302 g/mol. The Bertz CT molecular complexity index is 708. The van der Waals surface area contributed by atoms with Gasteiger partial charge in [0.15, 0.2) is 11.5 Å². The first-order valence-corrected chi connectivity index (χ1v) is 6.33. The van der Waals surface area contributed by atoms with Crippen LogP contribution in [-0.4, -0.2) is 31.3 Å². The summed E-state index contributed by atoms with van der Waals surface area (Å²) in [5, 5.41) is 9.18. The zero-order chi connectivity index (χ0) is 16.1. The highest BCUT2D eigenvalue weighted by molar-refractivity contribution is 5.96. The molecule has 2 aromatic rings. The van der Waals surface area contributed by atoms with Gasteiger partial charge in [-0.15, -0.1) is 0 Å². The van der Waals surface area contributed by atoms with Crippen LogP contribution >= 0.6 is 0 Å². The van der Waals surface area contributed by atoms with E-state index in [2.05, 4.69) is 0 Å². The van der Waals surface area contributed by atoms with Crippen LogP contribution in [0.15, 0.2) is 42.5 Å². The quantitative estimate of drug-likeness (QED) is 0.675. The number of hydrogen-bond donors (Lipinski definition) is 1. The molecule has 0 unspecified atom stereocenters. The summed E-state index contributed by atoms with van der Waals surface area (Å²) in [6, 6.07) is 10.7. The van der Waals surface area contributed by atoms with Crippen molar-refractivity contribution >= 4 is 11.9 Å². The lowest BCUT2D eigenvalue weighted by molar-refractivity contribution is 0.0678. The minimum Gasteiger partial charge on any atom is -0.497 e. The maximum atomic E-state index is 12.2. The van der Waals surface area contributed by atoms with Crippen molar-refractivity contribution in [1.29, 1.82) is 0 Å². The number of carboxylic acids is 1. The van der Waals surface area contributed by atoms with E-state index in [9.17, 15) is 14.7 Å². The van der Waals surface area contributed by atoms with Crippen molar-refractivity contribution in [1.82, 2.24) is 0 Å². The number of benzene rings is 2. The van der Waals surface area contributed by atoms with Gasteiger partial charge in [0.05, 0.1) is 19.8 Å². The van der Waals surface area contributed by atoms with Crippen molar-refractivity contribution in [2.24, 2.45) is 0 Å². The van der Waals surface area contributed by atoms with Gasteiger partial charge in [-0.25, -0.2) is 9.59 Å². The molecule has 0 heterocycles. The Kier molecular flexibility index (Phi) is 4.63. The molecule has 2 aromatic carbocycles. The molecular weight excluding hydrogens is 288 g/mol. The van der Waals surface area contributed by atoms with Crippen molar-refractivity contribution in [3.63, 3.8) is 0 Å². The number of para-hydroxylation sites is 1. The van der Waals surface area contributed by atoms with Crippen molar-refractivity contribution < 1.29 is 28.9 Å². The Hall–Kier alpha value is -3.02. The molecule has 6 nitrogen and oxygen atoms in total. The lowest BCUT2D eigenvalue weighted by atomic mass is 10.1. The van der Waals surface area contributed by atoms with Crippen LogP contribution in [0.2, 0.25) is 0 Å². The van der Waals surface area contributed by atoms with Crippen LogP contribution in [0.3, 0.4) is 0 Å². The molecule has 0 spiro atoms. The van der Waals surface area contributed by atoms with Gasteiger partial charge < -0.3 is 19.3 Å². The average Bonchev–Trinajstić information content (AvgIpc) is 2.54. The fourth-order valence-corrected chi connectivity index (χ4v) is 1.85. The van der Waals surface area contributed by atoms with Crippen LogP contribution in [-0.2, 0) is 0 Å². The molecule has 22 heavy (non-hydrogen) atoms. The molecule has 0 fully saturated rings. The summed E-state index contributed by atoms with van der Waals surface area (Å²) in [4.78, 5) is 23.4. The highest BCUT2D eigenvalue weighted by atomic mass is 16.6.